The first-order valence-corrected chi connectivity index (χ1v) is 14.6. The summed E-state index contributed by atoms with van der Waals surface area (Å²) < 4.78 is 33.3. The quantitative estimate of drug-likeness (QED) is 0.409. The fourth-order valence-corrected chi connectivity index (χ4v) is 6.33. The van der Waals surface area contributed by atoms with E-state index in [1.165, 1.54) is 9.87 Å². The van der Waals surface area contributed by atoms with Crippen LogP contribution in [0.2, 0.25) is 0 Å². The molecule has 0 aliphatic carbocycles. The molecule has 210 valence electrons. The molecular weight excluding hydrogens is 526 g/mol. The number of nitrogens with zero attached hydrogens (tertiary/aromatic N) is 4. The zero-order chi connectivity index (χ0) is 26.3. The third-order valence-electron chi connectivity index (χ3n) is 7.04. The zero-order valence-corrected chi connectivity index (χ0v) is 23.9. The zero-order valence-electron chi connectivity index (χ0n) is 22.3. The van der Waals surface area contributed by atoms with Crippen LogP contribution in [0.15, 0.2) is 53.4 Å². The van der Waals surface area contributed by atoms with E-state index in [0.29, 0.717) is 32.0 Å². The van der Waals surface area contributed by atoms with E-state index in [9.17, 15) is 13.2 Å². The lowest BCUT2D eigenvalue weighted by Gasteiger charge is -2.34. The molecule has 2 saturated heterocycles. The molecule has 0 unspecified atom stereocenters. The van der Waals surface area contributed by atoms with Gasteiger partial charge in [0.2, 0.25) is 15.9 Å². The predicted molar refractivity (Wildman–Crippen MR) is 146 cm³/mol. The smallest absolute Gasteiger partial charge is 0.243 e. The number of hydrogen-bond donors (Lipinski definition) is 1. The van der Waals surface area contributed by atoms with Gasteiger partial charge in [-0.1, -0.05) is 30.3 Å². The highest BCUT2D eigenvalue weighted by atomic mass is 35.5. The van der Waals surface area contributed by atoms with Crippen molar-refractivity contribution < 1.29 is 30.4 Å². The molecule has 2 fully saturated rings. The number of benzene rings is 2. The van der Waals surface area contributed by atoms with Gasteiger partial charge in [-0.3, -0.25) is 14.6 Å². The minimum Gasteiger partial charge on any atom is -1.00 e. The fraction of sp³-hybridized carbons (Fsp3) is 0.519. The van der Waals surface area contributed by atoms with Crippen molar-refractivity contribution in [2.75, 3.05) is 82.3 Å². The molecule has 1 amide bonds. The van der Waals surface area contributed by atoms with E-state index in [1.807, 2.05) is 19.9 Å². The van der Waals surface area contributed by atoms with Crippen LogP contribution in [-0.4, -0.2) is 101 Å². The molecule has 38 heavy (non-hydrogen) atoms. The third kappa shape index (κ3) is 7.68. The van der Waals surface area contributed by atoms with E-state index in [0.717, 1.165) is 51.5 Å². The maximum atomic E-state index is 13.3. The van der Waals surface area contributed by atoms with Crippen molar-refractivity contribution in [1.82, 2.24) is 14.1 Å². The van der Waals surface area contributed by atoms with Crippen LogP contribution in [0.5, 0.6) is 0 Å². The first kappa shape index (κ1) is 30.3. The van der Waals surface area contributed by atoms with Gasteiger partial charge in [0.15, 0.2) is 0 Å². The molecule has 2 aliphatic heterocycles. The van der Waals surface area contributed by atoms with Gasteiger partial charge >= 0.3 is 0 Å². The topological polar surface area (TPSA) is 85.4 Å². The summed E-state index contributed by atoms with van der Waals surface area (Å²) in [5, 5.41) is 3.03. The molecule has 0 spiro atoms. The summed E-state index contributed by atoms with van der Waals surface area (Å²) in [6.45, 7) is 11.6. The fourth-order valence-electron chi connectivity index (χ4n) is 4.89. The number of sulfonamides is 1. The second-order valence-electron chi connectivity index (χ2n) is 9.45. The summed E-state index contributed by atoms with van der Waals surface area (Å²) in [4.78, 5) is 20.0. The second kappa shape index (κ2) is 14.3. The monoisotopic (exact) mass is 564 g/mol. The summed E-state index contributed by atoms with van der Waals surface area (Å²) in [6, 6.07) is 15.5. The maximum Gasteiger partial charge on any atom is 0.243 e. The lowest BCUT2D eigenvalue weighted by molar-refractivity contribution is -0.117. The number of anilines is 2. The number of rotatable bonds is 10. The number of halogens is 1. The van der Waals surface area contributed by atoms with E-state index < -0.39 is 10.0 Å². The van der Waals surface area contributed by atoms with Gasteiger partial charge in [0.1, 0.15) is 0 Å². The van der Waals surface area contributed by atoms with Gasteiger partial charge in [-0.2, -0.15) is 4.31 Å². The summed E-state index contributed by atoms with van der Waals surface area (Å²) in [5.41, 5.74) is 2.65. The molecule has 11 heteroatoms. The van der Waals surface area contributed by atoms with Gasteiger partial charge in [-0.05, 0) is 37.6 Å². The summed E-state index contributed by atoms with van der Waals surface area (Å²) in [7, 11) is -3.67. The lowest BCUT2D eigenvalue weighted by Crippen LogP contribution is -3.00. The van der Waals surface area contributed by atoms with Crippen molar-refractivity contribution in [2.45, 2.75) is 25.3 Å². The molecule has 0 saturated carbocycles. The highest BCUT2D eigenvalue weighted by molar-refractivity contribution is 7.89. The Balaban J connectivity index is 0.00000400. The molecule has 0 aromatic heterocycles. The van der Waals surface area contributed by atoms with Crippen LogP contribution in [0.25, 0.3) is 0 Å². The van der Waals surface area contributed by atoms with Gasteiger partial charge in [0.05, 0.1) is 36.0 Å². The molecule has 9 nitrogen and oxygen atoms in total. The number of morpholine rings is 1. The van der Waals surface area contributed by atoms with Crippen molar-refractivity contribution in [2.24, 2.45) is 0 Å². The van der Waals surface area contributed by atoms with Crippen LogP contribution in [0.1, 0.15) is 19.4 Å². The number of nitrogens with one attached hydrogen (secondary N) is 1. The molecule has 1 N–H and O–H groups in total. The van der Waals surface area contributed by atoms with Crippen LogP contribution in [0, 0.1) is 0 Å². The molecular formula is C27H39ClN5O4S-. The number of amides is 1. The van der Waals surface area contributed by atoms with Crippen LogP contribution in [0.3, 0.4) is 0 Å². The summed E-state index contributed by atoms with van der Waals surface area (Å²) in [6.07, 6.45) is 0. The molecule has 0 atom stereocenters. The van der Waals surface area contributed by atoms with E-state index in [4.69, 9.17) is 4.74 Å². The highest BCUT2D eigenvalue weighted by Crippen LogP contribution is 2.30. The Morgan fingerprint density at radius 2 is 1.55 bits per heavy atom. The minimum atomic E-state index is -3.67. The van der Waals surface area contributed by atoms with E-state index in [1.54, 1.807) is 18.2 Å². The van der Waals surface area contributed by atoms with Crippen LogP contribution >= 0.6 is 0 Å². The first-order chi connectivity index (χ1) is 17.9. The van der Waals surface area contributed by atoms with Crippen molar-refractivity contribution in [3.05, 3.63) is 54.1 Å². The first-order valence-electron chi connectivity index (χ1n) is 13.2. The third-order valence-corrected chi connectivity index (χ3v) is 8.93. The molecule has 0 radical (unpaired) electrons. The van der Waals surface area contributed by atoms with Gasteiger partial charge in [0.25, 0.3) is 0 Å². The highest BCUT2D eigenvalue weighted by Gasteiger charge is 2.28. The van der Waals surface area contributed by atoms with Crippen LogP contribution in [-0.2, 0) is 26.1 Å². The average molecular weight is 565 g/mol. The molecule has 4 rings (SSSR count). The molecule has 2 aliphatic rings. The maximum absolute atomic E-state index is 13.3. The Bertz CT molecular complexity index is 1130. The van der Waals surface area contributed by atoms with Crippen molar-refractivity contribution in [3.63, 3.8) is 0 Å². The minimum absolute atomic E-state index is 0. The van der Waals surface area contributed by atoms with Crippen LogP contribution in [0.4, 0.5) is 11.4 Å². The van der Waals surface area contributed by atoms with Crippen molar-refractivity contribution >= 4 is 27.3 Å². The normalized spacial score (nSPS) is 17.5. The van der Waals surface area contributed by atoms with E-state index in [2.05, 4.69) is 44.3 Å². The van der Waals surface area contributed by atoms with E-state index >= 15 is 0 Å². The number of ether oxygens (including phenoxy) is 1. The molecule has 0 bridgehead atoms. The van der Waals surface area contributed by atoms with Gasteiger partial charge in [-0.25, -0.2) is 8.42 Å². The van der Waals surface area contributed by atoms with Gasteiger partial charge in [0, 0.05) is 58.9 Å². The molecule has 2 aromatic rings. The lowest BCUT2D eigenvalue weighted by atomic mass is 10.2. The largest absolute Gasteiger partial charge is 1.00 e. The Hall–Kier alpha value is -2.21. The Kier molecular flexibility index (Phi) is 11.4. The van der Waals surface area contributed by atoms with Gasteiger partial charge < -0.3 is 27.4 Å². The standard InChI is InChI=1S/C27H39N5O4S.ClH/c1-3-31(4-2)26-11-10-24(37(34,35)32-16-18-36-19-17-32)20-25(26)28-27(33)22-30-14-12-29(13-15-30)21-23-8-6-5-7-9-23;/h5-11,20H,3-4,12-19,21-22H2,1-2H3,(H,28,33);1H/p-1. The number of hydrogen-bond acceptors (Lipinski definition) is 7. The molecule has 2 aromatic carbocycles. The molecule has 2 heterocycles. The van der Waals surface area contributed by atoms with E-state index in [-0.39, 0.29) is 29.8 Å². The number of carbonyl (C=O) groups is 1. The predicted octanol–water partition coefficient (Wildman–Crippen LogP) is -0.686. The Labute approximate surface area is 233 Å². The van der Waals surface area contributed by atoms with Crippen LogP contribution < -0.4 is 22.6 Å². The number of piperazine rings is 1. The van der Waals surface area contributed by atoms with Crippen molar-refractivity contribution in [1.29, 1.82) is 0 Å². The van der Waals surface area contributed by atoms with Crippen molar-refractivity contribution in [3.8, 4) is 0 Å². The Morgan fingerprint density at radius 3 is 2.18 bits per heavy atom. The average Bonchev–Trinajstić information content (AvgIpc) is 2.92. The number of carbonyl (C=O) groups excluding carboxylic acids is 1. The Morgan fingerprint density at radius 1 is 0.921 bits per heavy atom. The summed E-state index contributed by atoms with van der Waals surface area (Å²) in [5.74, 6) is -0.133. The van der Waals surface area contributed by atoms with Gasteiger partial charge in [-0.15, -0.1) is 0 Å². The summed E-state index contributed by atoms with van der Waals surface area (Å²) >= 11 is 0. The second-order valence-corrected chi connectivity index (χ2v) is 11.4. The SMILES string of the molecule is CCN(CC)c1ccc(S(=O)(=O)N2CCOCC2)cc1NC(=O)CN1CCN(Cc2ccccc2)CC1.[Cl-].